The molecule has 2 aliphatic heterocycles. The molecule has 174 valence electrons. The predicted octanol–water partition coefficient (Wildman–Crippen LogP) is 5.32. The largest absolute Gasteiger partial charge is 0.496 e. The van der Waals surface area contributed by atoms with Gasteiger partial charge in [0.05, 0.1) is 12.7 Å². The van der Waals surface area contributed by atoms with Gasteiger partial charge in [-0.05, 0) is 80.0 Å². The Balaban J connectivity index is 1.51. The van der Waals surface area contributed by atoms with Crippen molar-refractivity contribution >= 4 is 16.9 Å². The number of piperidine rings is 1. The number of likely N-dealkylation sites (tertiary alicyclic amines) is 1. The minimum atomic E-state index is -0.887. The highest BCUT2D eigenvalue weighted by Crippen LogP contribution is 2.49. The van der Waals surface area contributed by atoms with E-state index >= 15 is 0 Å². The van der Waals surface area contributed by atoms with E-state index in [1.165, 1.54) is 22.1 Å². The molecule has 0 aliphatic carbocycles. The van der Waals surface area contributed by atoms with Gasteiger partial charge in [0.25, 0.3) is 0 Å². The van der Waals surface area contributed by atoms with Crippen molar-refractivity contribution in [3.63, 3.8) is 0 Å². The number of methoxy groups -OCH3 is 1. The summed E-state index contributed by atoms with van der Waals surface area (Å²) >= 11 is 0. The molecule has 0 saturated carbocycles. The number of carboxylic acid groups (broad SMARTS) is 1. The summed E-state index contributed by atoms with van der Waals surface area (Å²) in [6.45, 7) is 5.55. The second-order valence-electron chi connectivity index (χ2n) is 9.62. The normalized spacial score (nSPS) is 20.8. The number of nitrogens with one attached hydrogen (secondary N) is 1. The van der Waals surface area contributed by atoms with Crippen LogP contribution >= 0.6 is 0 Å². The van der Waals surface area contributed by atoms with E-state index in [9.17, 15) is 9.90 Å². The molecule has 0 amide bonds. The Hall–Kier alpha value is -2.83. The lowest BCUT2D eigenvalue weighted by Crippen LogP contribution is -2.44. The predicted molar refractivity (Wildman–Crippen MR) is 128 cm³/mol. The van der Waals surface area contributed by atoms with Crippen LogP contribution in [0.4, 0.5) is 0 Å². The Morgan fingerprint density at radius 2 is 1.97 bits per heavy atom. The number of aryl methyl sites for hydroxylation is 1. The second-order valence-corrected chi connectivity index (χ2v) is 9.62. The highest BCUT2D eigenvalue weighted by atomic mass is 16.5. The van der Waals surface area contributed by atoms with E-state index in [-0.39, 0.29) is 6.04 Å². The summed E-state index contributed by atoms with van der Waals surface area (Å²) in [6, 6.07) is 11.9. The summed E-state index contributed by atoms with van der Waals surface area (Å²) in [7, 11) is 1.74. The maximum absolute atomic E-state index is 11.4. The monoisotopic (exact) mass is 448 g/mol. The minimum Gasteiger partial charge on any atom is -0.496 e. The third-order valence-corrected chi connectivity index (χ3v) is 7.78. The lowest BCUT2D eigenvalue weighted by Gasteiger charge is -2.49. The highest BCUT2D eigenvalue weighted by Gasteiger charge is 2.41. The van der Waals surface area contributed by atoms with Gasteiger partial charge in [-0.2, -0.15) is 0 Å². The maximum atomic E-state index is 11.4. The summed E-state index contributed by atoms with van der Waals surface area (Å²) in [6.07, 6.45) is 6.41. The molecule has 0 radical (unpaired) electrons. The Morgan fingerprint density at radius 3 is 2.67 bits per heavy atom. The van der Waals surface area contributed by atoms with Crippen molar-refractivity contribution in [1.82, 2.24) is 9.88 Å². The van der Waals surface area contributed by atoms with Crippen molar-refractivity contribution in [2.24, 2.45) is 5.41 Å². The molecule has 33 heavy (non-hydrogen) atoms. The molecular weight excluding hydrogens is 416 g/mol. The molecule has 3 aromatic rings. The van der Waals surface area contributed by atoms with E-state index in [1.54, 1.807) is 19.2 Å². The molecule has 1 aromatic heterocycles. The van der Waals surface area contributed by atoms with Gasteiger partial charge >= 0.3 is 5.97 Å². The van der Waals surface area contributed by atoms with Gasteiger partial charge in [0, 0.05) is 48.5 Å². The highest BCUT2D eigenvalue weighted by molar-refractivity contribution is 5.88. The van der Waals surface area contributed by atoms with Crippen molar-refractivity contribution in [1.29, 1.82) is 0 Å². The first-order valence-electron chi connectivity index (χ1n) is 11.8. The second kappa shape index (κ2) is 8.84. The summed E-state index contributed by atoms with van der Waals surface area (Å²) in [5, 5.41) is 10.6. The Morgan fingerprint density at radius 1 is 1.21 bits per heavy atom. The van der Waals surface area contributed by atoms with Gasteiger partial charge in [-0.15, -0.1) is 0 Å². The smallest absolute Gasteiger partial charge is 0.335 e. The molecule has 1 spiro atoms. The van der Waals surface area contributed by atoms with Gasteiger partial charge in [-0.25, -0.2) is 4.79 Å². The first-order valence-corrected chi connectivity index (χ1v) is 11.8. The number of fused-ring (bicyclic) bond motifs is 1. The number of nitrogens with zero attached hydrogens (tertiary/aromatic N) is 1. The van der Waals surface area contributed by atoms with Gasteiger partial charge in [-0.3, -0.25) is 4.90 Å². The standard InChI is InChI=1S/C27H32N2O4/c1-18-15-24(32-2)22(21-7-11-28-25(18)21)17-29-12-8-27(9-13-33-14-10-27)16-23(29)19-3-5-20(6-4-19)26(30)31/h3-7,11,15,23,28H,8-10,12-14,16-17H2,1-2H3,(H,30,31)/t23-/m0/s1. The number of carboxylic acids is 1. The summed E-state index contributed by atoms with van der Waals surface area (Å²) < 4.78 is 11.5. The molecule has 5 rings (SSSR count). The minimum absolute atomic E-state index is 0.222. The number of benzene rings is 2. The zero-order valence-electron chi connectivity index (χ0n) is 19.4. The molecule has 2 saturated heterocycles. The van der Waals surface area contributed by atoms with Crippen molar-refractivity contribution in [2.45, 2.75) is 45.2 Å². The molecule has 6 nitrogen and oxygen atoms in total. The number of ether oxygens (including phenoxy) is 2. The average molecular weight is 449 g/mol. The van der Waals surface area contributed by atoms with E-state index in [0.717, 1.165) is 63.3 Å². The number of aromatic nitrogens is 1. The number of hydrogen-bond acceptors (Lipinski definition) is 4. The Labute approximate surface area is 194 Å². The van der Waals surface area contributed by atoms with Crippen LogP contribution in [0.5, 0.6) is 5.75 Å². The van der Waals surface area contributed by atoms with Crippen molar-refractivity contribution in [2.75, 3.05) is 26.9 Å². The van der Waals surface area contributed by atoms with E-state index in [4.69, 9.17) is 9.47 Å². The van der Waals surface area contributed by atoms with Crippen molar-refractivity contribution < 1.29 is 19.4 Å². The van der Waals surface area contributed by atoms with Crippen LogP contribution in [0.2, 0.25) is 0 Å². The fourth-order valence-electron chi connectivity index (χ4n) is 5.79. The van der Waals surface area contributed by atoms with E-state index in [1.807, 2.05) is 18.3 Å². The fourth-order valence-corrected chi connectivity index (χ4v) is 5.79. The van der Waals surface area contributed by atoms with Gasteiger partial charge in [0.1, 0.15) is 5.75 Å². The van der Waals surface area contributed by atoms with Gasteiger partial charge in [-0.1, -0.05) is 12.1 Å². The van der Waals surface area contributed by atoms with Gasteiger partial charge in [0.15, 0.2) is 0 Å². The van der Waals surface area contributed by atoms with E-state index in [2.05, 4.69) is 28.9 Å². The third kappa shape index (κ3) is 4.13. The number of aromatic carboxylic acids is 1. The van der Waals surface area contributed by atoms with Crippen LogP contribution in [-0.2, 0) is 11.3 Å². The molecule has 2 N–H and O–H groups in total. The quantitative estimate of drug-likeness (QED) is 0.553. The maximum Gasteiger partial charge on any atom is 0.335 e. The van der Waals surface area contributed by atoms with Gasteiger partial charge in [0.2, 0.25) is 0 Å². The van der Waals surface area contributed by atoms with Crippen LogP contribution in [0.1, 0.15) is 58.8 Å². The topological polar surface area (TPSA) is 74.8 Å². The van der Waals surface area contributed by atoms with Crippen molar-refractivity contribution in [3.8, 4) is 5.75 Å². The molecule has 0 unspecified atom stereocenters. The first kappa shape index (κ1) is 22.0. The zero-order chi connectivity index (χ0) is 23.0. The Bertz CT molecular complexity index is 1140. The molecule has 0 bridgehead atoms. The van der Waals surface area contributed by atoms with Crippen LogP contribution in [0, 0.1) is 12.3 Å². The SMILES string of the molecule is COc1cc(C)c2[nH]ccc2c1CN1CCC2(CCOCC2)C[C@H]1c1ccc(C(=O)O)cc1. The molecule has 1 atom stereocenters. The molecule has 2 fully saturated rings. The van der Waals surface area contributed by atoms with E-state index in [0.29, 0.717) is 11.0 Å². The molecule has 2 aliphatic rings. The van der Waals surface area contributed by atoms with E-state index < -0.39 is 5.97 Å². The van der Waals surface area contributed by atoms with Crippen LogP contribution in [0.3, 0.4) is 0 Å². The number of rotatable bonds is 5. The summed E-state index contributed by atoms with van der Waals surface area (Å²) in [4.78, 5) is 17.3. The first-order chi connectivity index (χ1) is 16.0. The fraction of sp³-hybridized carbons (Fsp3) is 0.444. The number of H-pyrrole nitrogens is 1. The molecule has 3 heterocycles. The van der Waals surface area contributed by atoms with Crippen LogP contribution in [0.15, 0.2) is 42.6 Å². The molecule has 2 aromatic carbocycles. The lowest BCUT2D eigenvalue weighted by molar-refractivity contribution is -0.0428. The van der Waals surface area contributed by atoms with Crippen LogP contribution < -0.4 is 4.74 Å². The lowest BCUT2D eigenvalue weighted by atomic mass is 9.69. The number of aromatic amines is 1. The molecular formula is C27H32N2O4. The zero-order valence-corrected chi connectivity index (χ0v) is 19.4. The van der Waals surface area contributed by atoms with Crippen molar-refractivity contribution in [3.05, 3.63) is 64.8 Å². The Kier molecular flexibility index (Phi) is 5.89. The number of hydrogen-bond donors (Lipinski definition) is 2. The number of carbonyl (C=O) groups is 1. The summed E-state index contributed by atoms with van der Waals surface area (Å²) in [5.41, 5.74) is 5.35. The van der Waals surface area contributed by atoms with Gasteiger partial charge < -0.3 is 19.6 Å². The van der Waals surface area contributed by atoms with Crippen LogP contribution in [0.25, 0.3) is 10.9 Å². The average Bonchev–Trinajstić information content (AvgIpc) is 3.33. The summed E-state index contributed by atoms with van der Waals surface area (Å²) in [5.74, 6) is 0.0353. The molecule has 6 heteroatoms. The third-order valence-electron chi connectivity index (χ3n) is 7.78. The van der Waals surface area contributed by atoms with Crippen LogP contribution in [-0.4, -0.2) is 47.8 Å².